The first kappa shape index (κ1) is 10.2. The maximum Gasteiger partial charge on any atom is 0.501 e. The molecule has 0 aromatic heterocycles. The first-order chi connectivity index (χ1) is 5.86. The van der Waals surface area contributed by atoms with Crippen molar-refractivity contribution in [2.75, 3.05) is 7.11 Å². The van der Waals surface area contributed by atoms with E-state index in [1.165, 1.54) is 10.1 Å². The Balaban J connectivity index is 2.53. The van der Waals surface area contributed by atoms with Crippen LogP contribution in [0.3, 0.4) is 0 Å². The summed E-state index contributed by atoms with van der Waals surface area (Å²) in [6.45, 7) is 0. The van der Waals surface area contributed by atoms with Gasteiger partial charge in [-0.2, -0.15) is 0 Å². The molecule has 0 bridgehead atoms. The number of hydrogen-bond acceptors (Lipinski definition) is 1. The predicted molar refractivity (Wildman–Crippen MR) is 53.1 cm³/mol. The average molecular weight is 195 g/mol. The molecule has 0 aliphatic carbocycles. The molecule has 0 fully saturated rings. The van der Waals surface area contributed by atoms with Crippen molar-refractivity contribution in [1.29, 1.82) is 0 Å². The van der Waals surface area contributed by atoms with E-state index in [-0.39, 0.29) is 19.3 Å². The quantitative estimate of drug-likeness (QED) is 0.670. The lowest BCUT2D eigenvalue weighted by atomic mass is 10.2. The van der Waals surface area contributed by atoms with Crippen molar-refractivity contribution in [1.82, 2.24) is 0 Å². The van der Waals surface area contributed by atoms with Crippen LogP contribution in [0.5, 0.6) is 5.75 Å². The maximum absolute atomic E-state index is 5.72. The highest BCUT2D eigenvalue weighted by molar-refractivity contribution is 6.93. The number of ether oxygens (including phenoxy) is 1. The van der Waals surface area contributed by atoms with Crippen molar-refractivity contribution in [2.24, 2.45) is 0 Å². The molecule has 0 atom stereocenters. The number of benzene rings is 1. The van der Waals surface area contributed by atoms with Crippen LogP contribution < -0.4 is 4.74 Å². The average Bonchev–Trinajstić information content (AvgIpc) is 2.15. The van der Waals surface area contributed by atoms with Gasteiger partial charge in [-0.25, -0.2) is 0 Å². The van der Waals surface area contributed by atoms with Crippen molar-refractivity contribution in [3.63, 3.8) is 0 Å². The first-order valence-corrected chi connectivity index (χ1v) is 7.19. The summed E-state index contributed by atoms with van der Waals surface area (Å²) < 4.78 is 6.23. The lowest BCUT2D eigenvalue weighted by Crippen LogP contribution is -1.87. The van der Waals surface area contributed by atoms with Crippen LogP contribution >= 0.6 is 9.07 Å². The van der Waals surface area contributed by atoms with Gasteiger partial charge in [-0.05, 0) is 24.1 Å². The number of rotatable bonds is 4. The van der Waals surface area contributed by atoms with Crippen LogP contribution in [-0.4, -0.2) is 26.4 Å². The zero-order valence-corrected chi connectivity index (χ0v) is 9.39. The zero-order chi connectivity index (χ0) is 8.81. The lowest BCUT2D eigenvalue weighted by Gasteiger charge is -2.01. The molecule has 3 heteroatoms. The van der Waals surface area contributed by atoms with Crippen LogP contribution in [0.15, 0.2) is 24.3 Å². The highest BCUT2D eigenvalue weighted by atomic mass is 35.5. The van der Waals surface area contributed by atoms with Gasteiger partial charge in [0, 0.05) is 0 Å². The fourth-order valence-electron chi connectivity index (χ4n) is 1.06. The summed E-state index contributed by atoms with van der Waals surface area (Å²) in [5.74, 6) is 0.918. The van der Waals surface area contributed by atoms with Gasteiger partial charge < -0.3 is 13.8 Å². The summed E-state index contributed by atoms with van der Waals surface area (Å²) in [5, 5.41) is 0. The van der Waals surface area contributed by atoms with E-state index in [0.717, 1.165) is 12.2 Å². The van der Waals surface area contributed by atoms with Crippen molar-refractivity contribution in [2.45, 2.75) is 11.0 Å². The van der Waals surface area contributed by atoms with Gasteiger partial charge in [-0.15, -0.1) is 4.55 Å². The molecular weight excluding hydrogens is 184 g/mol. The first-order valence-electron chi connectivity index (χ1n) is 4.05. The molecule has 0 N–H and O–H groups in total. The van der Waals surface area contributed by atoms with Gasteiger partial charge in [-0.1, -0.05) is 12.1 Å². The molecule has 0 aliphatic rings. The third-order valence-electron chi connectivity index (χ3n) is 1.76. The molecule has 0 amide bonds. The Kier molecular flexibility index (Phi) is 4.80. The third kappa shape index (κ3) is 3.21. The standard InChI is InChI=1S/C9H11O.ClH.Mg/c1-3-8-4-6-9(10-2)7-5-8;;/h4-7H,1,3H2,2H3;1H;/q;;+1/p-1. The summed E-state index contributed by atoms with van der Waals surface area (Å²) in [5.41, 5.74) is 1.35. The van der Waals surface area contributed by atoms with Gasteiger partial charge in [0.05, 0.1) is 7.11 Å². The SMILES string of the molecule is COc1ccc(C[CH2][Mg][Cl])cc1. The summed E-state index contributed by atoms with van der Waals surface area (Å²) >= 11 is -0.304. The molecule has 1 aromatic rings. The Bertz CT molecular complexity index is 222. The van der Waals surface area contributed by atoms with E-state index in [1.54, 1.807) is 7.11 Å². The molecule has 1 aromatic carbocycles. The summed E-state index contributed by atoms with van der Waals surface area (Å²) in [6.07, 6.45) is 1.11. The van der Waals surface area contributed by atoms with Gasteiger partial charge in [-0.3, -0.25) is 0 Å². The molecule has 0 saturated heterocycles. The fourth-order valence-corrected chi connectivity index (χ4v) is 2.01. The van der Waals surface area contributed by atoms with Gasteiger partial charge in [0.25, 0.3) is 0 Å². The van der Waals surface area contributed by atoms with Crippen LogP contribution in [-0.2, 0) is 6.42 Å². The van der Waals surface area contributed by atoms with E-state index in [4.69, 9.17) is 13.8 Å². The fraction of sp³-hybridized carbons (Fsp3) is 0.333. The second kappa shape index (κ2) is 5.68. The van der Waals surface area contributed by atoms with Gasteiger partial charge >= 0.3 is 19.3 Å². The van der Waals surface area contributed by atoms with Crippen LogP contribution in [0.2, 0.25) is 4.55 Å². The maximum atomic E-state index is 5.72. The number of methoxy groups -OCH3 is 1. The van der Waals surface area contributed by atoms with Crippen molar-refractivity contribution >= 4 is 28.3 Å². The molecule has 0 spiro atoms. The molecule has 1 nitrogen and oxygen atoms in total. The highest BCUT2D eigenvalue weighted by Crippen LogP contribution is 2.12. The minimum absolute atomic E-state index is 0.304. The Hall–Kier alpha value is 0.0762. The van der Waals surface area contributed by atoms with Crippen molar-refractivity contribution in [3.8, 4) is 5.75 Å². The summed E-state index contributed by atoms with van der Waals surface area (Å²) in [7, 11) is 7.41. The highest BCUT2D eigenvalue weighted by Gasteiger charge is 1.95. The normalized spacial score (nSPS) is 9.17. The second-order valence-corrected chi connectivity index (χ2v) is 4.86. The van der Waals surface area contributed by atoms with Crippen LogP contribution in [0, 0.1) is 0 Å². The van der Waals surface area contributed by atoms with E-state index in [2.05, 4.69) is 12.1 Å². The molecule has 1 rings (SSSR count). The monoisotopic (exact) mass is 194 g/mol. The van der Waals surface area contributed by atoms with Crippen LogP contribution in [0.4, 0.5) is 0 Å². The van der Waals surface area contributed by atoms with E-state index >= 15 is 0 Å². The number of halogens is 1. The smallest absolute Gasteiger partial charge is 0.497 e. The summed E-state index contributed by atoms with van der Waals surface area (Å²) in [4.78, 5) is 0. The molecule has 62 valence electrons. The van der Waals surface area contributed by atoms with Crippen molar-refractivity contribution < 1.29 is 4.74 Å². The van der Waals surface area contributed by atoms with Gasteiger partial charge in [0.2, 0.25) is 0 Å². The lowest BCUT2D eigenvalue weighted by molar-refractivity contribution is 0.414. The minimum Gasteiger partial charge on any atom is -0.497 e. The molecule has 0 unspecified atom stereocenters. The Morgan fingerprint density at radius 2 is 2.00 bits per heavy atom. The predicted octanol–water partition coefficient (Wildman–Crippen LogP) is 2.51. The van der Waals surface area contributed by atoms with Crippen LogP contribution in [0.25, 0.3) is 0 Å². The zero-order valence-electron chi connectivity index (χ0n) is 7.22. The molecule has 0 aliphatic heterocycles. The molecular formula is C9H11ClMgO. The third-order valence-corrected chi connectivity index (χ3v) is 3.18. The minimum atomic E-state index is -0.304. The van der Waals surface area contributed by atoms with Crippen LogP contribution in [0.1, 0.15) is 5.56 Å². The Labute approximate surface area is 86.6 Å². The molecule has 0 saturated carbocycles. The molecule has 0 heterocycles. The second-order valence-electron chi connectivity index (χ2n) is 2.64. The number of aryl methyl sites for hydroxylation is 1. The van der Waals surface area contributed by atoms with E-state index in [1.807, 2.05) is 12.1 Å². The molecule has 12 heavy (non-hydrogen) atoms. The summed E-state index contributed by atoms with van der Waals surface area (Å²) in [6, 6.07) is 8.18. The Morgan fingerprint density at radius 3 is 2.50 bits per heavy atom. The molecule has 0 radical (unpaired) electrons. The Morgan fingerprint density at radius 1 is 1.33 bits per heavy atom. The van der Waals surface area contributed by atoms with E-state index in [0.29, 0.717) is 0 Å². The van der Waals surface area contributed by atoms with E-state index in [9.17, 15) is 0 Å². The number of hydrogen-bond donors (Lipinski definition) is 0. The van der Waals surface area contributed by atoms with E-state index < -0.39 is 0 Å². The topological polar surface area (TPSA) is 9.23 Å². The largest absolute Gasteiger partial charge is 0.501 e. The van der Waals surface area contributed by atoms with Gasteiger partial charge in [0.15, 0.2) is 0 Å². The van der Waals surface area contributed by atoms with Crippen molar-refractivity contribution in [3.05, 3.63) is 29.8 Å². The van der Waals surface area contributed by atoms with Gasteiger partial charge in [0.1, 0.15) is 5.75 Å².